The zero-order valence-electron chi connectivity index (χ0n) is 12.3. The molecular weight excluding hydrogens is 341 g/mol. The minimum absolute atomic E-state index is 0.123. The van der Waals surface area contributed by atoms with Gasteiger partial charge in [-0.15, -0.1) is 0 Å². The van der Waals surface area contributed by atoms with Gasteiger partial charge in [-0.1, -0.05) is 11.6 Å². The molecule has 1 aliphatic rings. The van der Waals surface area contributed by atoms with Gasteiger partial charge in [-0.3, -0.25) is 4.79 Å². The highest BCUT2D eigenvalue weighted by atomic mass is 35.5. The molecule has 0 unspecified atom stereocenters. The van der Waals surface area contributed by atoms with Gasteiger partial charge in [-0.25, -0.2) is 14.2 Å². The minimum Gasteiger partial charge on any atom is -0.484 e. The molecular formula is C15H13ClFN3O4. The molecule has 0 spiro atoms. The third-order valence-corrected chi connectivity index (χ3v) is 4.02. The SMILES string of the molecule is O=C(O)[C@H]1c2nc[nH]c2CCN1C(=O)COc1ccc(F)c(Cl)c1. The number of halogens is 2. The van der Waals surface area contributed by atoms with Gasteiger partial charge in [-0.05, 0) is 12.1 Å². The summed E-state index contributed by atoms with van der Waals surface area (Å²) in [5.74, 6) is -2.04. The van der Waals surface area contributed by atoms with Gasteiger partial charge in [-0.2, -0.15) is 0 Å². The number of carbonyl (C=O) groups is 2. The molecule has 0 bridgehead atoms. The lowest BCUT2D eigenvalue weighted by Crippen LogP contribution is -2.45. The van der Waals surface area contributed by atoms with E-state index in [4.69, 9.17) is 16.3 Å². The quantitative estimate of drug-likeness (QED) is 0.873. The predicted molar refractivity (Wildman–Crippen MR) is 81.3 cm³/mol. The number of hydrogen-bond acceptors (Lipinski definition) is 4. The van der Waals surface area contributed by atoms with Crippen LogP contribution in [0.3, 0.4) is 0 Å². The number of aromatic nitrogens is 2. The highest BCUT2D eigenvalue weighted by Gasteiger charge is 2.37. The van der Waals surface area contributed by atoms with Gasteiger partial charge in [0.05, 0.1) is 17.0 Å². The van der Waals surface area contributed by atoms with Gasteiger partial charge in [0.25, 0.3) is 5.91 Å². The Morgan fingerprint density at radius 3 is 3.00 bits per heavy atom. The second kappa shape index (κ2) is 6.48. The Kier molecular flexibility index (Phi) is 4.39. The van der Waals surface area contributed by atoms with Crippen LogP contribution in [-0.4, -0.2) is 45.0 Å². The molecule has 1 amide bonds. The van der Waals surface area contributed by atoms with E-state index in [1.807, 2.05) is 0 Å². The van der Waals surface area contributed by atoms with Crippen molar-refractivity contribution in [3.8, 4) is 5.75 Å². The summed E-state index contributed by atoms with van der Waals surface area (Å²) in [4.78, 5) is 32.0. The van der Waals surface area contributed by atoms with Crippen LogP contribution >= 0.6 is 11.6 Å². The van der Waals surface area contributed by atoms with E-state index >= 15 is 0 Å². The number of ether oxygens (including phenoxy) is 1. The average molecular weight is 354 g/mol. The number of amides is 1. The molecule has 0 radical (unpaired) electrons. The molecule has 1 aliphatic heterocycles. The molecule has 2 N–H and O–H groups in total. The fourth-order valence-corrected chi connectivity index (χ4v) is 2.76. The molecule has 3 rings (SSSR count). The summed E-state index contributed by atoms with van der Waals surface area (Å²) in [7, 11) is 0. The molecule has 7 nitrogen and oxygen atoms in total. The number of rotatable bonds is 4. The second-order valence-corrected chi connectivity index (χ2v) is 5.62. The highest BCUT2D eigenvalue weighted by Crippen LogP contribution is 2.28. The minimum atomic E-state index is -1.17. The third-order valence-electron chi connectivity index (χ3n) is 3.73. The van der Waals surface area contributed by atoms with Crippen molar-refractivity contribution in [3.63, 3.8) is 0 Å². The summed E-state index contributed by atoms with van der Waals surface area (Å²) in [6.45, 7) is -0.149. The maximum Gasteiger partial charge on any atom is 0.332 e. The molecule has 0 aliphatic carbocycles. The lowest BCUT2D eigenvalue weighted by atomic mass is 10.0. The van der Waals surface area contributed by atoms with Crippen LogP contribution in [0.4, 0.5) is 4.39 Å². The number of benzene rings is 1. The van der Waals surface area contributed by atoms with Crippen molar-refractivity contribution in [1.29, 1.82) is 0 Å². The van der Waals surface area contributed by atoms with Gasteiger partial charge >= 0.3 is 5.97 Å². The normalized spacial score (nSPS) is 16.6. The van der Waals surface area contributed by atoms with E-state index in [-0.39, 0.29) is 23.9 Å². The van der Waals surface area contributed by atoms with Crippen LogP contribution in [0.15, 0.2) is 24.5 Å². The van der Waals surface area contributed by atoms with Gasteiger partial charge < -0.3 is 19.7 Å². The van der Waals surface area contributed by atoms with Crippen LogP contribution in [0.1, 0.15) is 17.4 Å². The standard InChI is InChI=1S/C15H13ClFN3O4/c16-9-5-8(1-2-10(9)17)24-6-12(21)20-4-3-11-13(19-7-18-11)14(20)15(22)23/h1-2,5,7,14H,3-4,6H2,(H,18,19)(H,22,23)/t14-/m1/s1. The number of nitrogens with one attached hydrogen (secondary N) is 1. The van der Waals surface area contributed by atoms with Crippen molar-refractivity contribution in [2.24, 2.45) is 0 Å². The number of nitrogens with zero attached hydrogens (tertiary/aromatic N) is 2. The van der Waals surface area contributed by atoms with Crippen LogP contribution in [-0.2, 0) is 16.0 Å². The molecule has 1 aromatic carbocycles. The molecule has 1 aromatic heterocycles. The first kappa shape index (κ1) is 16.3. The molecule has 24 heavy (non-hydrogen) atoms. The summed E-state index contributed by atoms with van der Waals surface area (Å²) in [6, 6.07) is 2.55. The van der Waals surface area contributed by atoms with Crippen molar-refractivity contribution in [2.45, 2.75) is 12.5 Å². The maximum absolute atomic E-state index is 13.1. The number of carboxylic acids is 1. The lowest BCUT2D eigenvalue weighted by Gasteiger charge is -2.32. The van der Waals surface area contributed by atoms with Gasteiger partial charge in [0.1, 0.15) is 11.6 Å². The summed E-state index contributed by atoms with van der Waals surface area (Å²) in [6.07, 6.45) is 1.89. The summed E-state index contributed by atoms with van der Waals surface area (Å²) in [5.41, 5.74) is 1.03. The summed E-state index contributed by atoms with van der Waals surface area (Å²) < 4.78 is 18.4. The number of hydrogen-bond donors (Lipinski definition) is 2. The Labute approximate surface area is 141 Å². The third kappa shape index (κ3) is 3.05. The largest absolute Gasteiger partial charge is 0.484 e. The molecule has 2 aromatic rings. The Bertz CT molecular complexity index is 795. The topological polar surface area (TPSA) is 95.5 Å². The van der Waals surface area contributed by atoms with E-state index in [0.29, 0.717) is 17.8 Å². The highest BCUT2D eigenvalue weighted by molar-refractivity contribution is 6.30. The Morgan fingerprint density at radius 2 is 2.29 bits per heavy atom. The first-order valence-corrected chi connectivity index (χ1v) is 7.47. The molecule has 2 heterocycles. The monoisotopic (exact) mass is 353 g/mol. The van der Waals surface area contributed by atoms with Crippen LogP contribution in [0.25, 0.3) is 0 Å². The number of fused-ring (bicyclic) bond motifs is 1. The van der Waals surface area contributed by atoms with Crippen LogP contribution in [0.5, 0.6) is 5.75 Å². The Hall–Kier alpha value is -2.61. The second-order valence-electron chi connectivity index (χ2n) is 5.21. The van der Waals surface area contributed by atoms with Crippen molar-refractivity contribution >= 4 is 23.5 Å². The van der Waals surface area contributed by atoms with Crippen molar-refractivity contribution in [2.75, 3.05) is 13.2 Å². The number of imidazole rings is 1. The summed E-state index contributed by atoms with van der Waals surface area (Å²) >= 11 is 5.65. The molecule has 0 saturated carbocycles. The van der Waals surface area contributed by atoms with Crippen molar-refractivity contribution in [3.05, 3.63) is 46.8 Å². The predicted octanol–water partition coefficient (Wildman–Crippen LogP) is 1.79. The molecule has 0 fully saturated rings. The van der Waals surface area contributed by atoms with E-state index in [9.17, 15) is 19.1 Å². The van der Waals surface area contributed by atoms with Crippen LogP contribution < -0.4 is 4.74 Å². The van der Waals surface area contributed by atoms with Gasteiger partial charge in [0, 0.05) is 24.7 Å². The fraction of sp³-hybridized carbons (Fsp3) is 0.267. The van der Waals surface area contributed by atoms with E-state index in [1.165, 1.54) is 23.4 Å². The number of aliphatic carboxylic acids is 1. The van der Waals surface area contributed by atoms with Gasteiger partial charge in [0.2, 0.25) is 0 Å². The van der Waals surface area contributed by atoms with E-state index in [1.54, 1.807) is 0 Å². The average Bonchev–Trinajstić information content (AvgIpc) is 3.03. The number of carboxylic acid groups (broad SMARTS) is 1. The number of H-pyrrole nitrogens is 1. The lowest BCUT2D eigenvalue weighted by molar-refractivity contribution is -0.152. The number of carbonyl (C=O) groups excluding carboxylic acids is 1. The zero-order valence-corrected chi connectivity index (χ0v) is 13.1. The summed E-state index contributed by atoms with van der Waals surface area (Å²) in [5, 5.41) is 9.30. The van der Waals surface area contributed by atoms with Crippen LogP contribution in [0.2, 0.25) is 5.02 Å². The van der Waals surface area contributed by atoms with Crippen molar-refractivity contribution < 1.29 is 23.8 Å². The van der Waals surface area contributed by atoms with E-state index in [2.05, 4.69) is 9.97 Å². The molecule has 9 heteroatoms. The first-order valence-electron chi connectivity index (χ1n) is 7.09. The Morgan fingerprint density at radius 1 is 1.50 bits per heavy atom. The smallest absolute Gasteiger partial charge is 0.332 e. The first-order chi connectivity index (χ1) is 11.5. The zero-order chi connectivity index (χ0) is 17.3. The van der Waals surface area contributed by atoms with E-state index < -0.39 is 23.7 Å². The maximum atomic E-state index is 13.1. The Balaban J connectivity index is 1.72. The fourth-order valence-electron chi connectivity index (χ4n) is 2.59. The molecule has 1 atom stereocenters. The molecule has 0 saturated heterocycles. The van der Waals surface area contributed by atoms with E-state index in [0.717, 1.165) is 6.07 Å². The number of aromatic amines is 1. The molecule has 126 valence electrons. The van der Waals surface area contributed by atoms with Crippen LogP contribution in [0, 0.1) is 5.82 Å². The van der Waals surface area contributed by atoms with Gasteiger partial charge in [0.15, 0.2) is 12.6 Å². The van der Waals surface area contributed by atoms with Crippen molar-refractivity contribution in [1.82, 2.24) is 14.9 Å².